The van der Waals surface area contributed by atoms with Gasteiger partial charge in [-0.25, -0.2) is 21.6 Å². The van der Waals surface area contributed by atoms with E-state index in [1.165, 1.54) is 4.31 Å². The molecule has 3 aromatic rings. The van der Waals surface area contributed by atoms with Crippen LogP contribution in [0.4, 0.5) is 0 Å². The predicted molar refractivity (Wildman–Crippen MR) is 132 cm³/mol. The van der Waals surface area contributed by atoms with Crippen LogP contribution < -0.4 is 4.72 Å². The van der Waals surface area contributed by atoms with Crippen molar-refractivity contribution < 1.29 is 16.8 Å². The maximum Gasteiger partial charge on any atom is 0.243 e. The predicted octanol–water partition coefficient (Wildman–Crippen LogP) is 3.02. The molecule has 0 amide bonds. The van der Waals surface area contributed by atoms with Gasteiger partial charge in [0.05, 0.1) is 9.79 Å². The highest BCUT2D eigenvalue weighted by Crippen LogP contribution is 2.25. The van der Waals surface area contributed by atoms with Crippen LogP contribution in [-0.4, -0.2) is 58.8 Å². The number of nitrogens with zero attached hydrogens (tertiary/aromatic N) is 2. The highest BCUT2D eigenvalue weighted by atomic mass is 32.2. The van der Waals surface area contributed by atoms with Gasteiger partial charge in [-0.15, -0.1) is 0 Å². The summed E-state index contributed by atoms with van der Waals surface area (Å²) in [6.45, 7) is 3.78. The van der Waals surface area contributed by atoms with Crippen molar-refractivity contribution in [3.8, 4) is 0 Å². The van der Waals surface area contributed by atoms with Gasteiger partial charge in [-0.05, 0) is 36.8 Å². The first-order chi connectivity index (χ1) is 16.3. The monoisotopic (exact) mass is 499 g/mol. The number of hydrogen-bond acceptors (Lipinski definition) is 5. The maximum atomic E-state index is 13.1. The molecule has 9 heteroatoms. The van der Waals surface area contributed by atoms with Gasteiger partial charge in [-0.3, -0.25) is 4.90 Å². The quantitative estimate of drug-likeness (QED) is 0.515. The fourth-order valence-corrected chi connectivity index (χ4v) is 6.60. The zero-order valence-corrected chi connectivity index (χ0v) is 20.7. The molecule has 0 spiro atoms. The van der Waals surface area contributed by atoms with Gasteiger partial charge < -0.3 is 0 Å². The number of benzene rings is 3. The Balaban J connectivity index is 1.48. The number of piperazine rings is 1. The number of aryl methyl sites for hydroxylation is 1. The maximum absolute atomic E-state index is 13.1. The molecule has 0 aliphatic carbocycles. The van der Waals surface area contributed by atoms with Crippen molar-refractivity contribution in [2.75, 3.05) is 32.7 Å². The standard InChI is InChI=1S/C25H29N3O4S2/c1-21-12-14-24(15-13-21)34(31,32)28-18-16-27(17-19-28)25(22-8-4-2-5-9-22)20-26-33(29,30)23-10-6-3-7-11-23/h2-15,25-26H,16-20H2,1H3/t25-/m1/s1. The number of nitrogens with one attached hydrogen (secondary N) is 1. The fourth-order valence-electron chi connectivity index (χ4n) is 4.12. The minimum absolute atomic E-state index is 0.186. The topological polar surface area (TPSA) is 86.8 Å². The van der Waals surface area contributed by atoms with E-state index in [0.717, 1.165) is 11.1 Å². The lowest BCUT2D eigenvalue weighted by molar-refractivity contribution is 0.138. The second kappa shape index (κ2) is 10.4. The van der Waals surface area contributed by atoms with E-state index in [4.69, 9.17) is 0 Å². The molecule has 34 heavy (non-hydrogen) atoms. The lowest BCUT2D eigenvalue weighted by Gasteiger charge is -2.39. The summed E-state index contributed by atoms with van der Waals surface area (Å²) in [4.78, 5) is 2.65. The Morgan fingerprint density at radius 1 is 0.735 bits per heavy atom. The Morgan fingerprint density at radius 2 is 1.29 bits per heavy atom. The van der Waals surface area contributed by atoms with E-state index in [1.54, 1.807) is 54.6 Å². The van der Waals surface area contributed by atoms with Crippen molar-refractivity contribution in [1.29, 1.82) is 0 Å². The van der Waals surface area contributed by atoms with Crippen molar-refractivity contribution >= 4 is 20.0 Å². The first-order valence-corrected chi connectivity index (χ1v) is 14.1. The minimum Gasteiger partial charge on any atom is -0.292 e. The lowest BCUT2D eigenvalue weighted by atomic mass is 10.0. The van der Waals surface area contributed by atoms with Crippen LogP contribution in [-0.2, 0) is 20.0 Å². The van der Waals surface area contributed by atoms with Crippen LogP contribution in [0.25, 0.3) is 0 Å². The summed E-state index contributed by atoms with van der Waals surface area (Å²) in [6, 6.07) is 24.6. The van der Waals surface area contributed by atoms with Gasteiger partial charge in [0.2, 0.25) is 20.0 Å². The SMILES string of the molecule is Cc1ccc(S(=O)(=O)N2CCN([C@H](CNS(=O)(=O)c3ccccc3)c3ccccc3)CC2)cc1. The third-order valence-electron chi connectivity index (χ3n) is 6.08. The largest absolute Gasteiger partial charge is 0.292 e. The summed E-state index contributed by atoms with van der Waals surface area (Å²) in [6.07, 6.45) is 0. The Hall–Kier alpha value is -2.56. The molecule has 0 aromatic heterocycles. The van der Waals surface area contributed by atoms with E-state index >= 15 is 0 Å². The third-order valence-corrected chi connectivity index (χ3v) is 9.43. The van der Waals surface area contributed by atoms with E-state index in [1.807, 2.05) is 37.3 Å². The Bertz CT molecular complexity index is 1290. The summed E-state index contributed by atoms with van der Waals surface area (Å²) in [5.74, 6) is 0. The van der Waals surface area contributed by atoms with Gasteiger partial charge in [0.25, 0.3) is 0 Å². The van der Waals surface area contributed by atoms with Gasteiger partial charge >= 0.3 is 0 Å². The van der Waals surface area contributed by atoms with E-state index in [9.17, 15) is 16.8 Å². The van der Waals surface area contributed by atoms with Crippen LogP contribution in [0.1, 0.15) is 17.2 Å². The molecule has 1 fully saturated rings. The van der Waals surface area contributed by atoms with E-state index in [-0.39, 0.29) is 17.5 Å². The van der Waals surface area contributed by atoms with Crippen molar-refractivity contribution in [2.45, 2.75) is 22.8 Å². The smallest absolute Gasteiger partial charge is 0.243 e. The molecule has 0 bridgehead atoms. The van der Waals surface area contributed by atoms with Crippen molar-refractivity contribution in [3.05, 3.63) is 96.1 Å². The molecule has 4 rings (SSSR count). The zero-order chi connectivity index (χ0) is 24.2. The summed E-state index contributed by atoms with van der Waals surface area (Å²) < 4.78 is 56.0. The third kappa shape index (κ3) is 5.56. The van der Waals surface area contributed by atoms with E-state index in [0.29, 0.717) is 31.1 Å². The molecule has 1 heterocycles. The number of rotatable bonds is 8. The first kappa shape index (κ1) is 24.6. The van der Waals surface area contributed by atoms with Crippen molar-refractivity contribution in [1.82, 2.24) is 13.9 Å². The van der Waals surface area contributed by atoms with E-state index in [2.05, 4.69) is 9.62 Å². The van der Waals surface area contributed by atoms with Crippen LogP contribution in [0.5, 0.6) is 0 Å². The zero-order valence-electron chi connectivity index (χ0n) is 19.0. The molecule has 0 radical (unpaired) electrons. The molecule has 180 valence electrons. The van der Waals surface area contributed by atoms with Crippen LogP contribution >= 0.6 is 0 Å². The highest BCUT2D eigenvalue weighted by Gasteiger charge is 2.32. The summed E-state index contributed by atoms with van der Waals surface area (Å²) in [5, 5.41) is 0. The molecule has 1 aliphatic heterocycles. The van der Waals surface area contributed by atoms with Crippen molar-refractivity contribution in [2.24, 2.45) is 0 Å². The molecule has 1 aliphatic rings. The Morgan fingerprint density at radius 3 is 1.88 bits per heavy atom. The van der Waals surface area contributed by atoms with Gasteiger partial charge in [0.15, 0.2) is 0 Å². The lowest BCUT2D eigenvalue weighted by Crippen LogP contribution is -2.51. The second-order valence-corrected chi connectivity index (χ2v) is 12.0. The van der Waals surface area contributed by atoms with Crippen LogP contribution in [0, 0.1) is 6.92 Å². The van der Waals surface area contributed by atoms with E-state index < -0.39 is 20.0 Å². The Kier molecular flexibility index (Phi) is 7.49. The molecule has 7 nitrogen and oxygen atoms in total. The normalized spacial score (nSPS) is 16.9. The number of hydrogen-bond donors (Lipinski definition) is 1. The summed E-state index contributed by atoms with van der Waals surface area (Å²) in [5.41, 5.74) is 1.99. The molecule has 0 saturated carbocycles. The average Bonchev–Trinajstić information content (AvgIpc) is 2.86. The fraction of sp³-hybridized carbons (Fsp3) is 0.280. The summed E-state index contributed by atoms with van der Waals surface area (Å²) >= 11 is 0. The van der Waals surface area contributed by atoms with Crippen LogP contribution in [0.15, 0.2) is 94.7 Å². The molecular weight excluding hydrogens is 470 g/mol. The minimum atomic E-state index is -3.66. The molecule has 0 unspecified atom stereocenters. The van der Waals surface area contributed by atoms with Gasteiger partial charge in [-0.2, -0.15) is 4.31 Å². The van der Waals surface area contributed by atoms with Crippen molar-refractivity contribution in [3.63, 3.8) is 0 Å². The average molecular weight is 500 g/mol. The summed E-state index contributed by atoms with van der Waals surface area (Å²) in [7, 11) is -7.23. The Labute approximate surface area is 202 Å². The molecular formula is C25H29N3O4S2. The molecule has 1 saturated heterocycles. The van der Waals surface area contributed by atoms with Crippen LogP contribution in [0.2, 0.25) is 0 Å². The van der Waals surface area contributed by atoms with Crippen LogP contribution in [0.3, 0.4) is 0 Å². The van der Waals surface area contributed by atoms with Gasteiger partial charge in [0.1, 0.15) is 0 Å². The molecule has 1 N–H and O–H groups in total. The van der Waals surface area contributed by atoms with Gasteiger partial charge in [0, 0.05) is 38.8 Å². The molecule has 1 atom stereocenters. The first-order valence-electron chi connectivity index (χ1n) is 11.2. The molecule has 3 aromatic carbocycles. The highest BCUT2D eigenvalue weighted by molar-refractivity contribution is 7.89. The number of sulfonamides is 2. The van der Waals surface area contributed by atoms with Gasteiger partial charge in [-0.1, -0.05) is 66.2 Å². The second-order valence-electron chi connectivity index (χ2n) is 8.34.